The number of hydrogen-bond acceptors (Lipinski definition) is 6. The van der Waals surface area contributed by atoms with Crippen LogP contribution >= 0.6 is 23.5 Å². The molecule has 1 N–H and O–H groups in total. The second-order valence-corrected chi connectivity index (χ2v) is 9.07. The highest BCUT2D eigenvalue weighted by atomic mass is 32.2. The average Bonchev–Trinajstić information content (AvgIpc) is 3.26. The van der Waals surface area contributed by atoms with Crippen molar-refractivity contribution in [2.45, 2.75) is 22.4 Å². The number of methoxy groups -OCH3 is 1. The second-order valence-electron chi connectivity index (χ2n) is 7.11. The molecule has 0 saturated heterocycles. The molecule has 0 bridgehead atoms. The van der Waals surface area contributed by atoms with Gasteiger partial charge < -0.3 is 10.1 Å². The lowest BCUT2D eigenvalue weighted by molar-refractivity contribution is -0.113. The van der Waals surface area contributed by atoms with Gasteiger partial charge in [0.1, 0.15) is 6.61 Å². The van der Waals surface area contributed by atoms with E-state index in [0.717, 1.165) is 22.0 Å². The molecule has 0 spiro atoms. The highest BCUT2D eigenvalue weighted by Gasteiger charge is 2.16. The van der Waals surface area contributed by atoms with E-state index in [4.69, 9.17) is 4.74 Å². The number of rotatable bonds is 10. The van der Waals surface area contributed by atoms with E-state index < -0.39 is 0 Å². The summed E-state index contributed by atoms with van der Waals surface area (Å²) in [5, 5.41) is 12.2. The van der Waals surface area contributed by atoms with E-state index in [9.17, 15) is 4.79 Å². The van der Waals surface area contributed by atoms with Crippen LogP contribution in [-0.4, -0.2) is 33.5 Å². The van der Waals surface area contributed by atoms with E-state index in [2.05, 4.69) is 27.6 Å². The molecular formula is C25H24N4O2S2. The summed E-state index contributed by atoms with van der Waals surface area (Å²) in [6, 6.07) is 28.0. The molecule has 33 heavy (non-hydrogen) atoms. The van der Waals surface area contributed by atoms with Gasteiger partial charge in [-0.15, -0.1) is 22.0 Å². The summed E-state index contributed by atoms with van der Waals surface area (Å²) < 4.78 is 7.18. The fourth-order valence-electron chi connectivity index (χ4n) is 3.20. The molecule has 0 saturated carbocycles. The summed E-state index contributed by atoms with van der Waals surface area (Å²) in [5.41, 5.74) is 2.99. The van der Waals surface area contributed by atoms with Gasteiger partial charge in [0.15, 0.2) is 11.0 Å². The molecule has 4 aromatic rings. The fourth-order valence-corrected chi connectivity index (χ4v) is 4.94. The van der Waals surface area contributed by atoms with Crippen LogP contribution in [0.15, 0.2) is 95.0 Å². The normalized spacial score (nSPS) is 10.8. The van der Waals surface area contributed by atoms with Crippen molar-refractivity contribution in [1.82, 2.24) is 14.8 Å². The molecule has 0 fully saturated rings. The first-order valence-electron chi connectivity index (χ1n) is 10.4. The predicted octanol–water partition coefficient (Wildman–Crippen LogP) is 5.44. The Morgan fingerprint density at radius 3 is 2.36 bits per heavy atom. The first kappa shape index (κ1) is 23.1. The van der Waals surface area contributed by atoms with Crippen molar-refractivity contribution in [3.8, 4) is 5.69 Å². The number of nitrogens with zero attached hydrogens (tertiary/aromatic N) is 3. The Balaban J connectivity index is 1.42. The van der Waals surface area contributed by atoms with Gasteiger partial charge in [-0.3, -0.25) is 9.36 Å². The van der Waals surface area contributed by atoms with Crippen LogP contribution in [0.3, 0.4) is 0 Å². The summed E-state index contributed by atoms with van der Waals surface area (Å²) in [4.78, 5) is 13.8. The zero-order valence-corrected chi connectivity index (χ0v) is 19.8. The number of amides is 1. The number of benzene rings is 3. The molecule has 0 unspecified atom stereocenters. The van der Waals surface area contributed by atoms with Crippen molar-refractivity contribution in [2.75, 3.05) is 18.2 Å². The van der Waals surface area contributed by atoms with Crippen LogP contribution in [0.25, 0.3) is 5.69 Å². The zero-order chi connectivity index (χ0) is 22.9. The van der Waals surface area contributed by atoms with Crippen molar-refractivity contribution in [1.29, 1.82) is 0 Å². The number of nitrogens with one attached hydrogen (secondary N) is 1. The maximum atomic E-state index is 12.8. The van der Waals surface area contributed by atoms with E-state index in [1.807, 2.05) is 77.4 Å². The van der Waals surface area contributed by atoms with Crippen LogP contribution in [-0.2, 0) is 21.9 Å². The number of anilines is 1. The SMILES string of the molecule is COCc1nnc(SCC(=O)Nc2ccccc2SCc2ccccc2)n1-c1ccccc1. The first-order chi connectivity index (χ1) is 16.2. The number of carbonyl (C=O) groups excluding carboxylic acids is 1. The highest BCUT2D eigenvalue weighted by molar-refractivity contribution is 7.99. The van der Waals surface area contributed by atoms with Crippen molar-refractivity contribution >= 4 is 35.1 Å². The summed E-state index contributed by atoms with van der Waals surface area (Å²) >= 11 is 3.05. The van der Waals surface area contributed by atoms with Gasteiger partial charge in [0.05, 0.1) is 11.4 Å². The number of ether oxygens (including phenoxy) is 1. The number of hydrogen-bond donors (Lipinski definition) is 1. The van der Waals surface area contributed by atoms with Crippen molar-refractivity contribution in [2.24, 2.45) is 0 Å². The minimum Gasteiger partial charge on any atom is -0.377 e. The Kier molecular flexibility index (Phi) is 8.19. The van der Waals surface area contributed by atoms with Crippen LogP contribution < -0.4 is 5.32 Å². The van der Waals surface area contributed by atoms with E-state index in [0.29, 0.717) is 17.6 Å². The van der Waals surface area contributed by atoms with Gasteiger partial charge >= 0.3 is 0 Å². The molecule has 168 valence electrons. The largest absolute Gasteiger partial charge is 0.377 e. The quantitative estimate of drug-likeness (QED) is 0.308. The van der Waals surface area contributed by atoms with Crippen molar-refractivity contribution in [3.05, 3.63) is 96.3 Å². The summed E-state index contributed by atoms with van der Waals surface area (Å²) in [6.45, 7) is 0.334. The van der Waals surface area contributed by atoms with Gasteiger partial charge in [-0.05, 0) is 29.8 Å². The lowest BCUT2D eigenvalue weighted by Gasteiger charge is -2.12. The third-order valence-corrected chi connectivity index (χ3v) is 6.79. The topological polar surface area (TPSA) is 69.0 Å². The smallest absolute Gasteiger partial charge is 0.234 e. The standard InChI is InChI=1S/C25H24N4O2S2/c1-31-16-23-27-28-25(29(23)20-12-6-3-7-13-20)33-18-24(30)26-21-14-8-9-15-22(21)32-17-19-10-4-2-5-11-19/h2-15H,16-18H2,1H3,(H,26,30). The molecule has 8 heteroatoms. The fraction of sp³-hybridized carbons (Fsp3) is 0.160. The molecule has 6 nitrogen and oxygen atoms in total. The van der Waals surface area contributed by atoms with E-state index in [1.54, 1.807) is 18.9 Å². The molecular weight excluding hydrogens is 452 g/mol. The van der Waals surface area contributed by atoms with E-state index >= 15 is 0 Å². The minimum atomic E-state index is -0.0938. The monoisotopic (exact) mass is 476 g/mol. The number of thioether (sulfide) groups is 2. The van der Waals surface area contributed by atoms with Gasteiger partial charge in [0.2, 0.25) is 5.91 Å². The maximum Gasteiger partial charge on any atom is 0.234 e. The van der Waals surface area contributed by atoms with Gasteiger partial charge in [0, 0.05) is 23.4 Å². The number of aromatic nitrogens is 3. The van der Waals surface area contributed by atoms with Crippen LogP contribution in [0.2, 0.25) is 0 Å². The number of para-hydroxylation sites is 2. The molecule has 1 heterocycles. The predicted molar refractivity (Wildman–Crippen MR) is 134 cm³/mol. The van der Waals surface area contributed by atoms with Crippen LogP contribution in [0, 0.1) is 0 Å². The van der Waals surface area contributed by atoms with Gasteiger partial charge in [0.25, 0.3) is 0 Å². The third-order valence-electron chi connectivity index (χ3n) is 4.72. The molecule has 0 aliphatic heterocycles. The Labute approximate surface area is 201 Å². The lowest BCUT2D eigenvalue weighted by Crippen LogP contribution is -2.15. The molecule has 3 aromatic carbocycles. The lowest BCUT2D eigenvalue weighted by atomic mass is 10.2. The van der Waals surface area contributed by atoms with Gasteiger partial charge in [-0.25, -0.2) is 0 Å². The van der Waals surface area contributed by atoms with Crippen molar-refractivity contribution < 1.29 is 9.53 Å². The minimum absolute atomic E-state index is 0.0938. The molecule has 0 atom stereocenters. The molecule has 1 aromatic heterocycles. The Morgan fingerprint density at radius 2 is 1.61 bits per heavy atom. The third kappa shape index (κ3) is 6.25. The van der Waals surface area contributed by atoms with Gasteiger partial charge in [-0.2, -0.15) is 0 Å². The van der Waals surface area contributed by atoms with Crippen LogP contribution in [0.5, 0.6) is 0 Å². The van der Waals surface area contributed by atoms with Crippen molar-refractivity contribution in [3.63, 3.8) is 0 Å². The Morgan fingerprint density at radius 1 is 0.909 bits per heavy atom. The Hall–Kier alpha value is -3.07. The molecule has 0 aliphatic carbocycles. The van der Waals surface area contributed by atoms with Crippen LogP contribution in [0.1, 0.15) is 11.4 Å². The Bertz CT molecular complexity index is 1180. The molecule has 0 aliphatic rings. The summed E-state index contributed by atoms with van der Waals surface area (Å²) in [5.74, 6) is 1.65. The highest BCUT2D eigenvalue weighted by Crippen LogP contribution is 2.30. The van der Waals surface area contributed by atoms with E-state index in [-0.39, 0.29) is 11.7 Å². The average molecular weight is 477 g/mol. The summed E-state index contributed by atoms with van der Waals surface area (Å²) in [7, 11) is 1.62. The second kappa shape index (κ2) is 11.7. The zero-order valence-electron chi connectivity index (χ0n) is 18.2. The molecule has 0 radical (unpaired) electrons. The van der Waals surface area contributed by atoms with E-state index in [1.165, 1.54) is 17.3 Å². The number of carbonyl (C=O) groups is 1. The van der Waals surface area contributed by atoms with Gasteiger partial charge in [-0.1, -0.05) is 72.4 Å². The first-order valence-corrected chi connectivity index (χ1v) is 12.4. The summed E-state index contributed by atoms with van der Waals surface area (Å²) in [6.07, 6.45) is 0. The maximum absolute atomic E-state index is 12.8. The molecule has 1 amide bonds. The molecule has 4 rings (SSSR count). The van der Waals surface area contributed by atoms with Crippen LogP contribution in [0.4, 0.5) is 5.69 Å².